The monoisotopic (exact) mass is 521 g/mol. The second-order valence-electron chi connectivity index (χ2n) is 8.62. The first-order valence-electron chi connectivity index (χ1n) is 10.4. The molecule has 0 spiro atoms. The van der Waals surface area contributed by atoms with Crippen LogP contribution in [-0.4, -0.2) is 42.2 Å². The van der Waals surface area contributed by atoms with Crippen LogP contribution in [0.15, 0.2) is 30.5 Å². The molecule has 1 atom stereocenters. The van der Waals surface area contributed by atoms with Gasteiger partial charge in [0, 0.05) is 37.5 Å². The van der Waals surface area contributed by atoms with Crippen LogP contribution in [0.1, 0.15) is 33.6 Å². The zero-order valence-electron chi connectivity index (χ0n) is 18.7. The van der Waals surface area contributed by atoms with Crippen molar-refractivity contribution in [1.82, 2.24) is 10.3 Å². The predicted octanol–water partition coefficient (Wildman–Crippen LogP) is 6.57. The Morgan fingerprint density at radius 2 is 1.91 bits per heavy atom. The minimum Gasteiger partial charge on any atom is -0.454 e. The Kier molecular flexibility index (Phi) is 7.92. The van der Waals surface area contributed by atoms with E-state index in [1.807, 2.05) is 4.90 Å². The summed E-state index contributed by atoms with van der Waals surface area (Å²) in [4.78, 5) is 18.4. The lowest BCUT2D eigenvalue weighted by molar-refractivity contribution is -0.274. The molecular weight excluding hydrogens is 498 g/mol. The number of amides is 1. The molecule has 186 valence electrons. The van der Waals surface area contributed by atoms with Crippen molar-refractivity contribution in [3.63, 3.8) is 0 Å². The van der Waals surface area contributed by atoms with E-state index in [9.17, 15) is 18.0 Å². The highest BCUT2D eigenvalue weighted by molar-refractivity contribution is 6.34. The van der Waals surface area contributed by atoms with E-state index in [1.165, 1.54) is 18.3 Å². The molecular formula is C22H24Cl2F3N3O4. The summed E-state index contributed by atoms with van der Waals surface area (Å²) in [5.74, 6) is 0.296. The Morgan fingerprint density at radius 3 is 2.56 bits per heavy atom. The molecule has 1 N–H and O–H groups in total. The van der Waals surface area contributed by atoms with Crippen LogP contribution in [-0.2, 0) is 4.74 Å². The number of nitrogens with zero attached hydrogens (tertiary/aromatic N) is 2. The summed E-state index contributed by atoms with van der Waals surface area (Å²) in [6.07, 6.45) is -2.28. The van der Waals surface area contributed by atoms with Gasteiger partial charge in [0.25, 0.3) is 0 Å². The molecule has 0 aliphatic carbocycles. The minimum absolute atomic E-state index is 0.0872. The summed E-state index contributed by atoms with van der Waals surface area (Å²) >= 11 is 12.6. The number of anilines is 1. The van der Waals surface area contributed by atoms with Crippen LogP contribution in [0.2, 0.25) is 10.0 Å². The minimum atomic E-state index is -4.83. The number of alkyl carbamates (subject to hydrolysis) is 1. The van der Waals surface area contributed by atoms with Crippen molar-refractivity contribution in [3.8, 4) is 17.2 Å². The molecule has 1 amide bonds. The number of pyridine rings is 1. The number of halogens is 5. The molecule has 0 bridgehead atoms. The Labute approximate surface area is 205 Å². The molecule has 0 saturated carbocycles. The molecule has 34 heavy (non-hydrogen) atoms. The topological polar surface area (TPSA) is 72.9 Å². The summed E-state index contributed by atoms with van der Waals surface area (Å²) < 4.78 is 52.1. The number of aromatic nitrogens is 1. The number of ether oxygens (including phenoxy) is 3. The first kappa shape index (κ1) is 26.0. The van der Waals surface area contributed by atoms with Gasteiger partial charge in [-0.05, 0) is 45.7 Å². The number of hydrogen-bond acceptors (Lipinski definition) is 6. The average molecular weight is 522 g/mol. The molecule has 2 heterocycles. The molecule has 0 unspecified atom stereocenters. The standard InChI is InChI=1S/C22H24Cl2F3N3O4/c1-21(2,3)34-20(31)29-13-5-4-10-30(12-13)19-18(24)17(8-9-28-19)32-16-7-6-14(11-15(16)23)33-22(25,26)27/h6-9,11,13H,4-5,10,12H2,1-3H3,(H,29,31)/t13-/m0/s1. The third-order valence-corrected chi connectivity index (χ3v) is 5.28. The lowest BCUT2D eigenvalue weighted by Crippen LogP contribution is -2.49. The summed E-state index contributed by atoms with van der Waals surface area (Å²) in [6.45, 7) is 6.49. The van der Waals surface area contributed by atoms with E-state index >= 15 is 0 Å². The zero-order valence-corrected chi connectivity index (χ0v) is 20.2. The maximum atomic E-state index is 12.4. The summed E-state index contributed by atoms with van der Waals surface area (Å²) in [5, 5.41) is 2.98. The van der Waals surface area contributed by atoms with Crippen molar-refractivity contribution < 1.29 is 32.2 Å². The molecule has 3 rings (SSSR count). The molecule has 1 aromatic carbocycles. The van der Waals surface area contributed by atoms with E-state index in [-0.39, 0.29) is 27.6 Å². The van der Waals surface area contributed by atoms with Gasteiger partial charge in [-0.3, -0.25) is 0 Å². The van der Waals surface area contributed by atoms with Gasteiger partial charge in [0.15, 0.2) is 11.6 Å². The van der Waals surface area contributed by atoms with Gasteiger partial charge in [-0.1, -0.05) is 23.2 Å². The summed E-state index contributed by atoms with van der Waals surface area (Å²) in [7, 11) is 0. The molecule has 7 nitrogen and oxygen atoms in total. The average Bonchev–Trinajstić information content (AvgIpc) is 2.69. The lowest BCUT2D eigenvalue weighted by atomic mass is 10.1. The zero-order chi connectivity index (χ0) is 25.1. The molecule has 1 aliphatic heterocycles. The number of alkyl halides is 3. The number of carbonyl (C=O) groups excluding carboxylic acids is 1. The fourth-order valence-electron chi connectivity index (χ4n) is 3.36. The summed E-state index contributed by atoms with van der Waals surface area (Å²) in [5.41, 5.74) is -0.604. The number of carbonyl (C=O) groups is 1. The second-order valence-corrected chi connectivity index (χ2v) is 9.41. The number of benzene rings is 1. The Hall–Kier alpha value is -2.59. The van der Waals surface area contributed by atoms with Crippen LogP contribution in [0.4, 0.5) is 23.8 Å². The lowest BCUT2D eigenvalue weighted by Gasteiger charge is -2.34. The molecule has 1 saturated heterocycles. The molecule has 0 radical (unpaired) electrons. The number of hydrogen-bond donors (Lipinski definition) is 1. The van der Waals surface area contributed by atoms with E-state index in [0.29, 0.717) is 18.9 Å². The van der Waals surface area contributed by atoms with Crippen LogP contribution < -0.4 is 19.7 Å². The fraction of sp³-hybridized carbons (Fsp3) is 0.455. The molecule has 2 aromatic rings. The normalized spacial score (nSPS) is 16.7. The van der Waals surface area contributed by atoms with Gasteiger partial charge in [-0.25, -0.2) is 9.78 Å². The van der Waals surface area contributed by atoms with Gasteiger partial charge in [0.2, 0.25) is 0 Å². The number of piperidine rings is 1. The van der Waals surface area contributed by atoms with Crippen molar-refractivity contribution in [2.24, 2.45) is 0 Å². The highest BCUT2D eigenvalue weighted by Crippen LogP contribution is 2.39. The summed E-state index contributed by atoms with van der Waals surface area (Å²) in [6, 6.07) is 4.69. The number of rotatable bonds is 5. The van der Waals surface area contributed by atoms with Gasteiger partial charge in [-0.15, -0.1) is 13.2 Å². The molecule has 1 fully saturated rings. The maximum Gasteiger partial charge on any atom is 0.573 e. The van der Waals surface area contributed by atoms with Crippen molar-refractivity contribution in [2.45, 2.75) is 51.6 Å². The van der Waals surface area contributed by atoms with Gasteiger partial charge in [-0.2, -0.15) is 0 Å². The number of nitrogens with one attached hydrogen (secondary N) is 1. The molecule has 1 aromatic heterocycles. The Balaban J connectivity index is 1.72. The maximum absolute atomic E-state index is 12.4. The van der Waals surface area contributed by atoms with E-state index < -0.39 is 23.8 Å². The van der Waals surface area contributed by atoms with E-state index in [0.717, 1.165) is 25.0 Å². The smallest absolute Gasteiger partial charge is 0.454 e. The van der Waals surface area contributed by atoms with Crippen LogP contribution in [0.5, 0.6) is 17.2 Å². The first-order valence-corrected chi connectivity index (χ1v) is 11.2. The fourth-order valence-corrected chi connectivity index (χ4v) is 3.84. The van der Waals surface area contributed by atoms with E-state index in [1.54, 1.807) is 20.8 Å². The molecule has 1 aliphatic rings. The van der Waals surface area contributed by atoms with Gasteiger partial charge < -0.3 is 24.4 Å². The predicted molar refractivity (Wildman–Crippen MR) is 122 cm³/mol. The molecule has 12 heteroatoms. The van der Waals surface area contributed by atoms with E-state index in [2.05, 4.69) is 15.0 Å². The van der Waals surface area contributed by atoms with Crippen LogP contribution in [0.3, 0.4) is 0 Å². The van der Waals surface area contributed by atoms with Gasteiger partial charge in [0.1, 0.15) is 22.1 Å². The van der Waals surface area contributed by atoms with Gasteiger partial charge >= 0.3 is 12.5 Å². The van der Waals surface area contributed by atoms with Crippen LogP contribution in [0.25, 0.3) is 0 Å². The second kappa shape index (κ2) is 10.4. The Morgan fingerprint density at radius 1 is 1.18 bits per heavy atom. The van der Waals surface area contributed by atoms with Crippen LogP contribution in [0, 0.1) is 0 Å². The van der Waals surface area contributed by atoms with Crippen molar-refractivity contribution >= 4 is 35.1 Å². The highest BCUT2D eigenvalue weighted by atomic mass is 35.5. The van der Waals surface area contributed by atoms with Gasteiger partial charge in [0.05, 0.1) is 5.02 Å². The Bertz CT molecular complexity index is 1030. The van der Waals surface area contributed by atoms with Crippen molar-refractivity contribution in [3.05, 3.63) is 40.5 Å². The third-order valence-electron chi connectivity index (χ3n) is 4.63. The third kappa shape index (κ3) is 7.46. The largest absolute Gasteiger partial charge is 0.573 e. The quantitative estimate of drug-likeness (QED) is 0.479. The van der Waals surface area contributed by atoms with E-state index in [4.69, 9.17) is 32.7 Å². The van der Waals surface area contributed by atoms with Crippen LogP contribution >= 0.6 is 23.2 Å². The first-order chi connectivity index (χ1) is 15.8. The SMILES string of the molecule is CC(C)(C)OC(=O)N[C@H]1CCCN(c2nccc(Oc3ccc(OC(F)(F)F)cc3Cl)c2Cl)C1. The highest BCUT2D eigenvalue weighted by Gasteiger charge is 2.31. The van der Waals surface area contributed by atoms with Crippen molar-refractivity contribution in [2.75, 3.05) is 18.0 Å². The van der Waals surface area contributed by atoms with Crippen molar-refractivity contribution in [1.29, 1.82) is 0 Å².